The van der Waals surface area contributed by atoms with E-state index in [0.29, 0.717) is 6.61 Å². The van der Waals surface area contributed by atoms with Crippen LogP contribution in [0.25, 0.3) is 0 Å². The van der Waals surface area contributed by atoms with Gasteiger partial charge in [-0.3, -0.25) is 4.79 Å². The molecule has 0 spiro atoms. The molecule has 18 heavy (non-hydrogen) atoms. The normalized spacial score (nSPS) is 27.1. The highest BCUT2D eigenvalue weighted by Crippen LogP contribution is 2.48. The van der Waals surface area contributed by atoms with E-state index in [1.165, 1.54) is 64.6 Å². The fourth-order valence-corrected chi connectivity index (χ4v) is 4.16. The number of rotatable bonds is 6. The second-order valence-corrected chi connectivity index (χ2v) is 6.24. The summed E-state index contributed by atoms with van der Waals surface area (Å²) in [6, 6.07) is 0. The van der Waals surface area contributed by atoms with Gasteiger partial charge in [-0.25, -0.2) is 0 Å². The number of fused-ring (bicyclic) bond motifs is 2. The van der Waals surface area contributed by atoms with Gasteiger partial charge < -0.3 is 4.74 Å². The number of carbonyl (C=O) groups excluding carboxylic acids is 1. The van der Waals surface area contributed by atoms with Crippen molar-refractivity contribution in [2.24, 2.45) is 0 Å². The van der Waals surface area contributed by atoms with Gasteiger partial charge in [-0.05, 0) is 6.42 Å². The van der Waals surface area contributed by atoms with Crippen LogP contribution < -0.4 is 0 Å². The Labute approximate surface area is 112 Å². The van der Waals surface area contributed by atoms with Crippen molar-refractivity contribution < 1.29 is 9.53 Å². The maximum absolute atomic E-state index is 10.6. The molecule has 2 aliphatic heterocycles. The van der Waals surface area contributed by atoms with E-state index in [-0.39, 0.29) is 5.97 Å². The SMILES string of the molecule is CC(=O)OCCCCCB1C2CCCC1CCC2. The fraction of sp³-hybridized carbons (Fsp3) is 0.933. The van der Waals surface area contributed by atoms with Crippen LogP contribution in [0.15, 0.2) is 0 Å². The van der Waals surface area contributed by atoms with Crippen LogP contribution in [0.3, 0.4) is 0 Å². The third-order valence-electron chi connectivity index (χ3n) is 5.00. The lowest BCUT2D eigenvalue weighted by molar-refractivity contribution is -0.141. The smallest absolute Gasteiger partial charge is 0.302 e. The standard InChI is InChI=1S/C15H27BO2/c1-13(17)18-12-4-2-3-11-16-14-7-5-8-15(16)10-6-9-14/h14-15H,2-12H2,1H3. The van der Waals surface area contributed by atoms with E-state index in [4.69, 9.17) is 4.74 Å². The minimum absolute atomic E-state index is 0.142. The number of ether oxygens (including phenoxy) is 1. The molecule has 2 fully saturated rings. The van der Waals surface area contributed by atoms with Crippen LogP contribution in [-0.4, -0.2) is 19.3 Å². The van der Waals surface area contributed by atoms with Crippen LogP contribution in [-0.2, 0) is 9.53 Å². The van der Waals surface area contributed by atoms with Gasteiger partial charge in [0.15, 0.2) is 0 Å². The molecular formula is C15H27BO2. The van der Waals surface area contributed by atoms with Crippen molar-refractivity contribution in [2.75, 3.05) is 6.61 Å². The van der Waals surface area contributed by atoms with Crippen LogP contribution in [0.1, 0.15) is 64.7 Å². The monoisotopic (exact) mass is 250 g/mol. The quantitative estimate of drug-likeness (QED) is 0.398. The number of carbonyl (C=O) groups is 1. The Morgan fingerprint density at radius 1 is 1.06 bits per heavy atom. The zero-order valence-corrected chi connectivity index (χ0v) is 11.8. The molecule has 102 valence electrons. The molecule has 0 aromatic rings. The molecule has 2 rings (SSSR count). The molecule has 2 nitrogen and oxygen atoms in total. The molecule has 0 atom stereocenters. The van der Waals surface area contributed by atoms with Gasteiger partial charge in [0.2, 0.25) is 0 Å². The van der Waals surface area contributed by atoms with Gasteiger partial charge in [-0.15, -0.1) is 0 Å². The molecule has 0 radical (unpaired) electrons. The zero-order valence-electron chi connectivity index (χ0n) is 11.8. The van der Waals surface area contributed by atoms with Crippen LogP contribution in [0.2, 0.25) is 18.0 Å². The lowest BCUT2D eigenvalue weighted by atomic mass is 9.26. The highest BCUT2D eigenvalue weighted by Gasteiger charge is 2.37. The molecule has 2 saturated heterocycles. The molecule has 2 heterocycles. The summed E-state index contributed by atoms with van der Waals surface area (Å²) in [6.07, 6.45) is 14.0. The summed E-state index contributed by atoms with van der Waals surface area (Å²) >= 11 is 0. The molecule has 0 unspecified atom stereocenters. The summed E-state index contributed by atoms with van der Waals surface area (Å²) in [4.78, 5) is 10.6. The first-order valence-electron chi connectivity index (χ1n) is 7.90. The summed E-state index contributed by atoms with van der Waals surface area (Å²) < 4.78 is 4.97. The van der Waals surface area contributed by atoms with E-state index in [9.17, 15) is 4.79 Å². The van der Waals surface area contributed by atoms with Crippen LogP contribution in [0.5, 0.6) is 0 Å². The highest BCUT2D eigenvalue weighted by atomic mass is 16.5. The minimum atomic E-state index is -0.142. The topological polar surface area (TPSA) is 26.3 Å². The predicted octanol–water partition coefficient (Wildman–Crippen LogP) is 4.32. The van der Waals surface area contributed by atoms with Crippen molar-refractivity contribution in [3.63, 3.8) is 0 Å². The Bertz CT molecular complexity index is 245. The Morgan fingerprint density at radius 2 is 1.67 bits per heavy atom. The van der Waals surface area contributed by atoms with Gasteiger partial charge in [0.1, 0.15) is 6.71 Å². The third kappa shape index (κ3) is 4.03. The number of hydrogen-bond acceptors (Lipinski definition) is 2. The molecule has 0 saturated carbocycles. The average Bonchev–Trinajstić information content (AvgIpc) is 2.32. The molecular weight excluding hydrogens is 223 g/mol. The molecule has 0 N–H and O–H groups in total. The van der Waals surface area contributed by atoms with E-state index in [1.807, 2.05) is 0 Å². The van der Waals surface area contributed by atoms with Gasteiger partial charge in [0, 0.05) is 6.92 Å². The Kier molecular flexibility index (Phi) is 5.59. The zero-order chi connectivity index (χ0) is 12.8. The number of unbranched alkanes of at least 4 members (excludes halogenated alkanes) is 2. The molecule has 0 aliphatic carbocycles. The largest absolute Gasteiger partial charge is 0.466 e. The summed E-state index contributed by atoms with van der Waals surface area (Å²) in [5.41, 5.74) is 0. The molecule has 0 amide bonds. The summed E-state index contributed by atoms with van der Waals surface area (Å²) in [7, 11) is 0. The highest BCUT2D eigenvalue weighted by molar-refractivity contribution is 6.62. The first-order chi connectivity index (χ1) is 8.77. The van der Waals surface area contributed by atoms with E-state index in [2.05, 4.69) is 0 Å². The van der Waals surface area contributed by atoms with Crippen molar-refractivity contribution >= 4 is 12.7 Å². The molecule has 0 aromatic carbocycles. The molecule has 2 bridgehead atoms. The van der Waals surface area contributed by atoms with Crippen molar-refractivity contribution in [1.29, 1.82) is 0 Å². The van der Waals surface area contributed by atoms with Gasteiger partial charge >= 0.3 is 5.97 Å². The second kappa shape index (κ2) is 7.20. The first-order valence-corrected chi connectivity index (χ1v) is 7.90. The van der Waals surface area contributed by atoms with Gasteiger partial charge in [-0.2, -0.15) is 0 Å². The van der Waals surface area contributed by atoms with Crippen molar-refractivity contribution in [3.8, 4) is 0 Å². The fourth-order valence-electron chi connectivity index (χ4n) is 4.16. The minimum Gasteiger partial charge on any atom is -0.466 e. The van der Waals surface area contributed by atoms with Crippen LogP contribution >= 0.6 is 0 Å². The number of hydrogen-bond donors (Lipinski definition) is 0. The Morgan fingerprint density at radius 3 is 2.22 bits per heavy atom. The maximum Gasteiger partial charge on any atom is 0.302 e. The van der Waals surface area contributed by atoms with Gasteiger partial charge in [0.05, 0.1) is 6.61 Å². The Balaban J connectivity index is 1.59. The van der Waals surface area contributed by atoms with Crippen molar-refractivity contribution in [1.82, 2.24) is 0 Å². The van der Waals surface area contributed by atoms with E-state index in [1.54, 1.807) is 0 Å². The average molecular weight is 250 g/mol. The van der Waals surface area contributed by atoms with Crippen molar-refractivity contribution in [3.05, 3.63) is 0 Å². The predicted molar refractivity (Wildman–Crippen MR) is 76.2 cm³/mol. The summed E-state index contributed by atoms with van der Waals surface area (Å²) in [5, 5.41) is 0. The van der Waals surface area contributed by atoms with Gasteiger partial charge in [0.25, 0.3) is 0 Å². The van der Waals surface area contributed by atoms with Crippen molar-refractivity contribution in [2.45, 2.75) is 82.7 Å². The maximum atomic E-state index is 10.6. The molecule has 0 aromatic heterocycles. The second-order valence-electron chi connectivity index (χ2n) is 6.24. The van der Waals surface area contributed by atoms with E-state index in [0.717, 1.165) is 24.8 Å². The van der Waals surface area contributed by atoms with E-state index >= 15 is 0 Å². The summed E-state index contributed by atoms with van der Waals surface area (Å²) in [6.45, 7) is 3.14. The molecule has 3 heteroatoms. The van der Waals surface area contributed by atoms with Crippen LogP contribution in [0.4, 0.5) is 0 Å². The van der Waals surface area contributed by atoms with E-state index < -0.39 is 0 Å². The van der Waals surface area contributed by atoms with Gasteiger partial charge in [-0.1, -0.05) is 69.3 Å². The van der Waals surface area contributed by atoms with Crippen LogP contribution in [0, 0.1) is 0 Å². The lowest BCUT2D eigenvalue weighted by Gasteiger charge is -2.40. The Hall–Kier alpha value is -0.465. The third-order valence-corrected chi connectivity index (χ3v) is 5.00. The lowest BCUT2D eigenvalue weighted by Crippen LogP contribution is -2.34. The first kappa shape index (κ1) is 14.0. The number of esters is 1. The summed E-state index contributed by atoms with van der Waals surface area (Å²) in [5.74, 6) is 1.95. The molecule has 2 aliphatic rings.